The van der Waals surface area contributed by atoms with Crippen molar-refractivity contribution in [1.29, 1.82) is 0 Å². The van der Waals surface area contributed by atoms with Crippen LogP contribution in [0.2, 0.25) is 0 Å². The molecule has 4 rings (SSSR count). The number of methoxy groups -OCH3 is 1. The van der Waals surface area contributed by atoms with Crippen molar-refractivity contribution in [3.63, 3.8) is 0 Å². The molecule has 192 valence electrons. The van der Waals surface area contributed by atoms with Gasteiger partial charge in [0.1, 0.15) is 9.96 Å². The Kier molecular flexibility index (Phi) is 9.18. The lowest BCUT2D eigenvalue weighted by Gasteiger charge is -2.32. The number of sulfonamides is 1. The van der Waals surface area contributed by atoms with E-state index in [1.54, 1.807) is 47.8 Å². The van der Waals surface area contributed by atoms with Gasteiger partial charge in [-0.15, -0.1) is 11.3 Å². The molecule has 0 unspecified atom stereocenters. The van der Waals surface area contributed by atoms with E-state index in [1.165, 1.54) is 43.7 Å². The summed E-state index contributed by atoms with van der Waals surface area (Å²) in [6, 6.07) is 10.7. The van der Waals surface area contributed by atoms with Crippen LogP contribution < -0.4 is 15.4 Å². The fraction of sp³-hybridized carbons (Fsp3) is 0.560. The minimum Gasteiger partial charge on any atom is -0.497 e. The lowest BCUT2D eigenvalue weighted by molar-refractivity contribution is 0.0951. The second kappa shape index (κ2) is 12.3. The van der Waals surface area contributed by atoms with E-state index < -0.39 is 10.0 Å². The minimum atomic E-state index is -3.52. The number of benzene rings is 1. The van der Waals surface area contributed by atoms with Gasteiger partial charge in [0.05, 0.1) is 13.7 Å². The van der Waals surface area contributed by atoms with Crippen LogP contribution in [-0.2, 0) is 16.6 Å². The van der Waals surface area contributed by atoms with Crippen LogP contribution in [0.25, 0.3) is 0 Å². The van der Waals surface area contributed by atoms with Gasteiger partial charge in [-0.1, -0.05) is 12.5 Å². The van der Waals surface area contributed by atoms with Gasteiger partial charge in [0.15, 0.2) is 0 Å². The Balaban J connectivity index is 1.23. The smallest absolute Gasteiger partial charge is 0.252 e. The largest absolute Gasteiger partial charge is 0.497 e. The van der Waals surface area contributed by atoms with Gasteiger partial charge in [-0.3, -0.25) is 4.79 Å². The molecule has 0 spiro atoms. The van der Waals surface area contributed by atoms with Gasteiger partial charge in [-0.05, 0) is 69.1 Å². The van der Waals surface area contributed by atoms with Gasteiger partial charge in [0, 0.05) is 42.7 Å². The Morgan fingerprint density at radius 2 is 1.86 bits per heavy atom. The molecule has 10 heteroatoms. The molecule has 1 aromatic carbocycles. The fourth-order valence-electron chi connectivity index (χ4n) is 4.66. The van der Waals surface area contributed by atoms with Crippen LogP contribution in [0.15, 0.2) is 40.6 Å². The molecule has 0 aliphatic carbocycles. The molecule has 2 aromatic rings. The normalized spacial score (nSPS) is 18.4. The van der Waals surface area contributed by atoms with Crippen molar-refractivity contribution < 1.29 is 17.9 Å². The first-order valence-corrected chi connectivity index (χ1v) is 14.7. The lowest BCUT2D eigenvalue weighted by atomic mass is 10.1. The first-order chi connectivity index (χ1) is 17.0. The zero-order valence-corrected chi connectivity index (χ0v) is 22.0. The van der Waals surface area contributed by atoms with Crippen LogP contribution in [-0.4, -0.2) is 76.0 Å². The molecule has 8 nitrogen and oxygen atoms in total. The molecule has 1 amide bonds. The molecule has 35 heavy (non-hydrogen) atoms. The van der Waals surface area contributed by atoms with E-state index in [9.17, 15) is 13.2 Å². The van der Waals surface area contributed by atoms with Crippen molar-refractivity contribution in [2.45, 2.75) is 48.9 Å². The molecular weight excluding hydrogens is 484 g/mol. The quantitative estimate of drug-likeness (QED) is 0.501. The standard InChI is InChI=1S/C25H36N4O4S2/c1-33-22-7-5-6-20(18-22)25(30)27-19-23-8-9-24(34-23)35(31,32)29-15-10-21(11-16-29)26-12-17-28-13-3-2-4-14-28/h5-9,18,21,26H,2-4,10-17,19H2,1H3,(H,27,30). The van der Waals surface area contributed by atoms with E-state index in [4.69, 9.17) is 4.74 Å². The van der Waals surface area contributed by atoms with Gasteiger partial charge < -0.3 is 20.3 Å². The molecular formula is C25H36N4O4S2. The highest BCUT2D eigenvalue weighted by Gasteiger charge is 2.30. The topological polar surface area (TPSA) is 91.0 Å². The first kappa shape index (κ1) is 26.1. The Morgan fingerprint density at radius 1 is 1.09 bits per heavy atom. The number of hydrogen-bond acceptors (Lipinski definition) is 7. The molecule has 2 N–H and O–H groups in total. The molecule has 3 heterocycles. The predicted molar refractivity (Wildman–Crippen MR) is 139 cm³/mol. The summed E-state index contributed by atoms with van der Waals surface area (Å²) in [6.45, 7) is 5.78. The van der Waals surface area contributed by atoms with Crippen LogP contribution in [0.3, 0.4) is 0 Å². The molecule has 0 atom stereocenters. The average Bonchev–Trinajstić information content (AvgIpc) is 3.38. The van der Waals surface area contributed by atoms with Crippen LogP contribution in [0.1, 0.15) is 47.3 Å². The molecule has 1 aromatic heterocycles. The first-order valence-electron chi connectivity index (χ1n) is 12.4. The van der Waals surface area contributed by atoms with Gasteiger partial charge in [-0.25, -0.2) is 8.42 Å². The maximum absolute atomic E-state index is 13.2. The average molecular weight is 521 g/mol. The van der Waals surface area contributed by atoms with E-state index in [2.05, 4.69) is 15.5 Å². The molecule has 0 bridgehead atoms. The van der Waals surface area contributed by atoms with Crippen molar-refractivity contribution >= 4 is 27.3 Å². The third kappa shape index (κ3) is 7.04. The summed E-state index contributed by atoms with van der Waals surface area (Å²) in [7, 11) is -1.96. The summed E-state index contributed by atoms with van der Waals surface area (Å²) in [5, 5.41) is 6.48. The Morgan fingerprint density at radius 3 is 2.60 bits per heavy atom. The number of ether oxygens (including phenoxy) is 1. The molecule has 2 aliphatic rings. The summed E-state index contributed by atoms with van der Waals surface area (Å²) in [5.41, 5.74) is 0.501. The zero-order valence-electron chi connectivity index (χ0n) is 20.4. The number of likely N-dealkylation sites (tertiary alicyclic amines) is 1. The van der Waals surface area contributed by atoms with Gasteiger partial charge >= 0.3 is 0 Å². The van der Waals surface area contributed by atoms with Crippen LogP contribution in [0, 0.1) is 0 Å². The van der Waals surface area contributed by atoms with Crippen molar-refractivity contribution in [3.8, 4) is 5.75 Å². The van der Waals surface area contributed by atoms with E-state index in [1.807, 2.05) is 0 Å². The van der Waals surface area contributed by atoms with Crippen molar-refractivity contribution in [3.05, 3.63) is 46.8 Å². The molecule has 2 saturated heterocycles. The minimum absolute atomic E-state index is 0.225. The number of carbonyl (C=O) groups is 1. The summed E-state index contributed by atoms with van der Waals surface area (Å²) >= 11 is 1.22. The summed E-state index contributed by atoms with van der Waals surface area (Å²) in [4.78, 5) is 15.8. The highest BCUT2D eigenvalue weighted by atomic mass is 32.2. The number of carbonyl (C=O) groups excluding carboxylic acids is 1. The van der Waals surface area contributed by atoms with E-state index in [-0.39, 0.29) is 12.5 Å². The Labute approximate surface area is 212 Å². The maximum Gasteiger partial charge on any atom is 0.252 e. The molecule has 2 fully saturated rings. The van der Waals surface area contributed by atoms with E-state index in [0.29, 0.717) is 34.7 Å². The highest BCUT2D eigenvalue weighted by molar-refractivity contribution is 7.91. The second-order valence-electron chi connectivity index (χ2n) is 9.17. The number of thiophene rings is 1. The van der Waals surface area contributed by atoms with Crippen LogP contribution in [0.5, 0.6) is 5.75 Å². The fourth-order valence-corrected chi connectivity index (χ4v) is 7.58. The summed E-state index contributed by atoms with van der Waals surface area (Å²) in [6.07, 6.45) is 5.60. The number of amides is 1. The van der Waals surface area contributed by atoms with Crippen molar-refractivity contribution in [2.75, 3.05) is 46.4 Å². The lowest BCUT2D eigenvalue weighted by Crippen LogP contribution is -2.46. The second-order valence-corrected chi connectivity index (χ2v) is 12.5. The monoisotopic (exact) mass is 520 g/mol. The number of nitrogens with zero attached hydrogens (tertiary/aromatic N) is 2. The van der Waals surface area contributed by atoms with Crippen molar-refractivity contribution in [2.24, 2.45) is 0 Å². The number of hydrogen-bond donors (Lipinski definition) is 2. The zero-order chi connectivity index (χ0) is 24.7. The molecule has 0 radical (unpaired) electrons. The third-order valence-corrected chi connectivity index (χ3v) is 10.2. The molecule has 0 saturated carbocycles. The number of nitrogens with one attached hydrogen (secondary N) is 2. The van der Waals surface area contributed by atoms with Crippen molar-refractivity contribution in [1.82, 2.24) is 19.8 Å². The SMILES string of the molecule is COc1cccc(C(=O)NCc2ccc(S(=O)(=O)N3CCC(NCCN4CCCCC4)CC3)s2)c1. The number of rotatable bonds is 10. The predicted octanol–water partition coefficient (Wildman–Crippen LogP) is 2.92. The van der Waals surface area contributed by atoms with Gasteiger partial charge in [0.25, 0.3) is 15.9 Å². The third-order valence-electron chi connectivity index (χ3n) is 6.75. The molecule has 2 aliphatic heterocycles. The maximum atomic E-state index is 13.2. The van der Waals surface area contributed by atoms with E-state index >= 15 is 0 Å². The Bertz CT molecular complexity index is 1070. The Hall–Kier alpha value is -1.98. The summed E-state index contributed by atoms with van der Waals surface area (Å²) < 4.78 is 33.4. The summed E-state index contributed by atoms with van der Waals surface area (Å²) in [5.74, 6) is 0.389. The van der Waals surface area contributed by atoms with E-state index in [0.717, 1.165) is 30.8 Å². The van der Waals surface area contributed by atoms with Crippen LogP contribution >= 0.6 is 11.3 Å². The van der Waals surface area contributed by atoms with Gasteiger partial charge in [0.2, 0.25) is 0 Å². The van der Waals surface area contributed by atoms with Gasteiger partial charge in [-0.2, -0.15) is 4.31 Å². The van der Waals surface area contributed by atoms with Crippen LogP contribution in [0.4, 0.5) is 0 Å². The highest BCUT2D eigenvalue weighted by Crippen LogP contribution is 2.27. The number of piperidine rings is 2.